The van der Waals surface area contributed by atoms with Crippen LogP contribution in [0.3, 0.4) is 0 Å². The summed E-state index contributed by atoms with van der Waals surface area (Å²) in [5.41, 5.74) is 3.50. The fraction of sp³-hybridized carbons (Fsp3) is 0.333. The number of likely N-dealkylation sites (tertiary alicyclic amines) is 1. The van der Waals surface area contributed by atoms with Crippen molar-refractivity contribution in [3.05, 3.63) is 69.7 Å². The summed E-state index contributed by atoms with van der Waals surface area (Å²) in [7, 11) is 1.63. The van der Waals surface area contributed by atoms with Gasteiger partial charge in [0.05, 0.1) is 31.4 Å². The molecule has 0 spiro atoms. The third-order valence-electron chi connectivity index (χ3n) is 4.95. The molecule has 0 N–H and O–H groups in total. The number of nitrogens with zero attached hydrogens (tertiary/aromatic N) is 3. The molecule has 0 saturated carbocycles. The zero-order valence-electron chi connectivity index (χ0n) is 18.4. The van der Waals surface area contributed by atoms with Gasteiger partial charge in [0.15, 0.2) is 5.13 Å². The van der Waals surface area contributed by atoms with Gasteiger partial charge < -0.3 is 14.2 Å². The SMILES string of the molecule is CC.COc1cc(/C=C2\CCCN(Cc3ccc(F)s3)C2=O)ccc1-n1cnc(C)c1. The van der Waals surface area contributed by atoms with Crippen LogP contribution in [0, 0.1) is 12.1 Å². The maximum absolute atomic E-state index is 13.3. The lowest BCUT2D eigenvalue weighted by atomic mass is 10.0. The van der Waals surface area contributed by atoms with Crippen LogP contribution in [0.25, 0.3) is 11.8 Å². The van der Waals surface area contributed by atoms with Crippen molar-refractivity contribution < 1.29 is 13.9 Å². The summed E-state index contributed by atoms with van der Waals surface area (Å²) < 4.78 is 20.7. The topological polar surface area (TPSA) is 47.4 Å². The number of aromatic nitrogens is 2. The van der Waals surface area contributed by atoms with Crippen molar-refractivity contribution in [3.63, 3.8) is 0 Å². The third-order valence-corrected chi connectivity index (χ3v) is 5.80. The zero-order chi connectivity index (χ0) is 22.4. The molecule has 5 nitrogen and oxygen atoms in total. The number of benzene rings is 1. The van der Waals surface area contributed by atoms with Gasteiger partial charge in [-0.15, -0.1) is 11.3 Å². The Bertz CT molecular complexity index is 1070. The van der Waals surface area contributed by atoms with Crippen LogP contribution in [-0.2, 0) is 11.3 Å². The maximum Gasteiger partial charge on any atom is 0.250 e. The normalized spacial score (nSPS) is 15.1. The molecule has 0 bridgehead atoms. The quantitative estimate of drug-likeness (QED) is 0.483. The van der Waals surface area contributed by atoms with E-state index in [-0.39, 0.29) is 11.0 Å². The van der Waals surface area contributed by atoms with Gasteiger partial charge in [0.25, 0.3) is 0 Å². The predicted octanol–water partition coefficient (Wildman–Crippen LogP) is 5.62. The van der Waals surface area contributed by atoms with E-state index in [1.165, 1.54) is 6.07 Å². The summed E-state index contributed by atoms with van der Waals surface area (Å²) in [4.78, 5) is 19.8. The predicted molar refractivity (Wildman–Crippen MR) is 123 cm³/mol. The molecule has 1 amide bonds. The molecule has 1 aliphatic rings. The molecular weight excluding hydrogens is 413 g/mol. The van der Waals surface area contributed by atoms with Crippen LogP contribution in [0.5, 0.6) is 5.75 Å². The molecule has 0 unspecified atom stereocenters. The minimum absolute atomic E-state index is 0.0123. The fourth-order valence-corrected chi connectivity index (χ4v) is 4.28. The van der Waals surface area contributed by atoms with Crippen LogP contribution in [0.2, 0.25) is 0 Å². The highest BCUT2D eigenvalue weighted by molar-refractivity contribution is 7.10. The highest BCUT2D eigenvalue weighted by Gasteiger charge is 2.23. The Morgan fingerprint density at radius 3 is 2.71 bits per heavy atom. The lowest BCUT2D eigenvalue weighted by Gasteiger charge is -2.28. The number of aryl methyl sites for hydroxylation is 1. The van der Waals surface area contributed by atoms with Gasteiger partial charge in [-0.1, -0.05) is 19.9 Å². The number of imidazole rings is 1. The number of carbonyl (C=O) groups excluding carboxylic acids is 1. The minimum atomic E-state index is -0.222. The lowest BCUT2D eigenvalue weighted by molar-refractivity contribution is -0.129. The summed E-state index contributed by atoms with van der Waals surface area (Å²) in [6, 6.07) is 9.05. The van der Waals surface area contributed by atoms with Crippen LogP contribution in [0.1, 0.15) is 42.8 Å². The van der Waals surface area contributed by atoms with E-state index in [9.17, 15) is 9.18 Å². The second-order valence-electron chi connectivity index (χ2n) is 7.06. The second-order valence-corrected chi connectivity index (χ2v) is 8.18. The number of amides is 1. The molecule has 0 aliphatic carbocycles. The number of piperidine rings is 1. The first kappa shape index (κ1) is 22.7. The molecule has 3 heterocycles. The van der Waals surface area contributed by atoms with Gasteiger partial charge in [-0.3, -0.25) is 4.79 Å². The Hall–Kier alpha value is -2.93. The molecule has 31 heavy (non-hydrogen) atoms. The van der Waals surface area contributed by atoms with E-state index in [2.05, 4.69) is 4.98 Å². The average Bonchev–Trinajstić information content (AvgIpc) is 3.40. The zero-order valence-corrected chi connectivity index (χ0v) is 19.2. The van der Waals surface area contributed by atoms with E-state index < -0.39 is 0 Å². The number of hydrogen-bond acceptors (Lipinski definition) is 4. The highest BCUT2D eigenvalue weighted by Crippen LogP contribution is 2.28. The van der Waals surface area contributed by atoms with Crippen LogP contribution < -0.4 is 4.74 Å². The van der Waals surface area contributed by atoms with Crippen LogP contribution in [0.15, 0.2) is 48.4 Å². The molecule has 1 aliphatic heterocycles. The number of thiophene rings is 1. The first-order chi connectivity index (χ1) is 15.0. The average molecular weight is 442 g/mol. The molecule has 4 rings (SSSR count). The van der Waals surface area contributed by atoms with Gasteiger partial charge >= 0.3 is 0 Å². The van der Waals surface area contributed by atoms with Gasteiger partial charge in [0.2, 0.25) is 5.91 Å². The van der Waals surface area contributed by atoms with Crippen molar-refractivity contribution in [3.8, 4) is 11.4 Å². The summed E-state index contributed by atoms with van der Waals surface area (Å²) in [6.45, 7) is 7.08. The Morgan fingerprint density at radius 1 is 1.26 bits per heavy atom. The van der Waals surface area contributed by atoms with Crippen molar-refractivity contribution in [2.45, 2.75) is 40.2 Å². The molecule has 2 aromatic heterocycles. The third kappa shape index (κ3) is 5.41. The van der Waals surface area contributed by atoms with E-state index in [1.807, 2.05) is 55.8 Å². The smallest absolute Gasteiger partial charge is 0.250 e. The van der Waals surface area contributed by atoms with Crippen molar-refractivity contribution in [2.24, 2.45) is 0 Å². The lowest BCUT2D eigenvalue weighted by Crippen LogP contribution is -2.36. The molecular formula is C24H28FN3O2S. The van der Waals surface area contributed by atoms with Crippen molar-refractivity contribution in [2.75, 3.05) is 13.7 Å². The van der Waals surface area contributed by atoms with E-state index in [0.717, 1.165) is 51.6 Å². The molecule has 7 heteroatoms. The highest BCUT2D eigenvalue weighted by atomic mass is 32.1. The molecule has 164 valence electrons. The number of carbonyl (C=O) groups is 1. The monoisotopic (exact) mass is 441 g/mol. The van der Waals surface area contributed by atoms with E-state index >= 15 is 0 Å². The molecule has 0 atom stereocenters. The Labute approximate surface area is 186 Å². The summed E-state index contributed by atoms with van der Waals surface area (Å²) >= 11 is 1.09. The largest absolute Gasteiger partial charge is 0.495 e. The van der Waals surface area contributed by atoms with Crippen LogP contribution >= 0.6 is 11.3 Å². The summed E-state index contributed by atoms with van der Waals surface area (Å²) in [6.07, 6.45) is 7.25. The van der Waals surface area contributed by atoms with Crippen LogP contribution in [0.4, 0.5) is 4.39 Å². The molecule has 1 aromatic carbocycles. The Kier molecular flexibility index (Phi) is 7.63. The van der Waals surface area contributed by atoms with Crippen molar-refractivity contribution in [1.29, 1.82) is 0 Å². The van der Waals surface area contributed by atoms with E-state index in [0.29, 0.717) is 18.8 Å². The number of halogens is 1. The second kappa shape index (κ2) is 10.4. The van der Waals surface area contributed by atoms with Crippen molar-refractivity contribution >= 4 is 23.3 Å². The first-order valence-electron chi connectivity index (χ1n) is 10.5. The van der Waals surface area contributed by atoms with Gasteiger partial charge in [0.1, 0.15) is 5.75 Å². The first-order valence-corrected chi connectivity index (χ1v) is 11.3. The molecule has 3 aromatic rings. The fourth-order valence-electron chi connectivity index (χ4n) is 3.53. The van der Waals surface area contributed by atoms with E-state index in [1.54, 1.807) is 24.4 Å². The minimum Gasteiger partial charge on any atom is -0.495 e. The number of hydrogen-bond donors (Lipinski definition) is 0. The van der Waals surface area contributed by atoms with Gasteiger partial charge in [-0.25, -0.2) is 4.98 Å². The Morgan fingerprint density at radius 2 is 2.06 bits per heavy atom. The maximum atomic E-state index is 13.3. The Balaban J connectivity index is 0.00000132. The van der Waals surface area contributed by atoms with Gasteiger partial charge in [-0.2, -0.15) is 4.39 Å². The molecule has 1 saturated heterocycles. The van der Waals surface area contributed by atoms with E-state index in [4.69, 9.17) is 4.74 Å². The number of ether oxygens (including phenoxy) is 1. The van der Waals surface area contributed by atoms with Crippen molar-refractivity contribution in [1.82, 2.24) is 14.5 Å². The summed E-state index contributed by atoms with van der Waals surface area (Å²) in [5.74, 6) is 0.726. The molecule has 1 fully saturated rings. The standard InChI is InChI=1S/C22H22FN3O2S.C2H6/c1-15-12-26(14-24-15)19-7-5-16(11-20(19)28-2)10-17-4-3-9-25(22(17)27)13-18-6-8-21(23)29-18;1-2/h5-8,10-12,14H,3-4,9,13H2,1-2H3;1-2H3/b17-10+;. The van der Waals surface area contributed by atoms with Crippen LogP contribution in [-0.4, -0.2) is 34.0 Å². The number of rotatable bonds is 5. The summed E-state index contributed by atoms with van der Waals surface area (Å²) in [5, 5.41) is -0.222. The van der Waals surface area contributed by atoms with Gasteiger partial charge in [-0.05, 0) is 55.7 Å². The van der Waals surface area contributed by atoms with Gasteiger partial charge in [0, 0.05) is 23.2 Å². The number of methoxy groups -OCH3 is 1. The molecule has 0 radical (unpaired) electrons.